The smallest absolute Gasteiger partial charge is 0.257 e. The second-order valence-electron chi connectivity index (χ2n) is 7.04. The van der Waals surface area contributed by atoms with E-state index >= 15 is 0 Å². The molecule has 0 saturated carbocycles. The van der Waals surface area contributed by atoms with Crippen LogP contribution in [0.2, 0.25) is 5.02 Å². The van der Waals surface area contributed by atoms with Crippen LogP contribution >= 0.6 is 22.9 Å². The first-order chi connectivity index (χ1) is 13.9. The molecule has 4 nitrogen and oxygen atoms in total. The van der Waals surface area contributed by atoms with Crippen molar-refractivity contribution in [3.63, 3.8) is 0 Å². The number of ether oxygens (including phenoxy) is 1. The average Bonchev–Trinajstić information content (AvgIpc) is 3.13. The van der Waals surface area contributed by atoms with Gasteiger partial charge in [0.2, 0.25) is 0 Å². The van der Waals surface area contributed by atoms with Crippen molar-refractivity contribution in [3.05, 3.63) is 81.0 Å². The van der Waals surface area contributed by atoms with Crippen LogP contribution in [0.5, 0.6) is 5.75 Å². The lowest BCUT2D eigenvalue weighted by molar-refractivity contribution is 0.0716. The van der Waals surface area contributed by atoms with Crippen molar-refractivity contribution < 1.29 is 13.9 Å². The summed E-state index contributed by atoms with van der Waals surface area (Å²) in [4.78, 5) is 19.1. The van der Waals surface area contributed by atoms with Gasteiger partial charge in [-0.25, -0.2) is 9.37 Å². The van der Waals surface area contributed by atoms with E-state index < -0.39 is 5.82 Å². The molecule has 0 aliphatic heterocycles. The zero-order chi connectivity index (χ0) is 20.8. The number of rotatable bonds is 8. The number of hydrogen-bond donors (Lipinski definition) is 0. The lowest BCUT2D eigenvalue weighted by Gasteiger charge is -2.24. The Labute approximate surface area is 178 Å². The van der Waals surface area contributed by atoms with Gasteiger partial charge in [-0.3, -0.25) is 4.79 Å². The maximum Gasteiger partial charge on any atom is 0.257 e. The van der Waals surface area contributed by atoms with Crippen molar-refractivity contribution in [1.29, 1.82) is 0 Å². The molecule has 0 radical (unpaired) electrons. The third-order valence-electron chi connectivity index (χ3n) is 4.09. The monoisotopic (exact) mass is 432 g/mol. The van der Waals surface area contributed by atoms with E-state index in [9.17, 15) is 9.18 Å². The fourth-order valence-corrected chi connectivity index (χ4v) is 3.73. The maximum absolute atomic E-state index is 14.1. The van der Waals surface area contributed by atoms with Crippen LogP contribution in [0.4, 0.5) is 4.39 Å². The first-order valence-corrected chi connectivity index (χ1v) is 10.5. The summed E-state index contributed by atoms with van der Waals surface area (Å²) in [6.07, 6.45) is 0. The molecule has 152 valence electrons. The normalized spacial score (nSPS) is 10.9. The predicted molar refractivity (Wildman–Crippen MR) is 114 cm³/mol. The minimum absolute atomic E-state index is 0.0768. The van der Waals surface area contributed by atoms with Crippen molar-refractivity contribution in [2.75, 3.05) is 6.54 Å². The fourth-order valence-electron chi connectivity index (χ4n) is 2.85. The molecule has 0 unspecified atom stereocenters. The second-order valence-corrected chi connectivity index (χ2v) is 8.42. The van der Waals surface area contributed by atoms with Crippen LogP contribution < -0.4 is 4.74 Å². The first-order valence-electron chi connectivity index (χ1n) is 9.28. The van der Waals surface area contributed by atoms with Crippen molar-refractivity contribution >= 4 is 28.8 Å². The van der Waals surface area contributed by atoms with E-state index in [2.05, 4.69) is 4.98 Å². The molecular weight excluding hydrogens is 411 g/mol. The molecule has 29 heavy (non-hydrogen) atoms. The Kier molecular flexibility index (Phi) is 7.23. The van der Waals surface area contributed by atoms with E-state index in [1.807, 2.05) is 31.4 Å². The van der Waals surface area contributed by atoms with Gasteiger partial charge in [0.25, 0.3) is 5.91 Å². The summed E-state index contributed by atoms with van der Waals surface area (Å²) in [7, 11) is 0. The highest BCUT2D eigenvalue weighted by molar-refractivity contribution is 7.09. The highest BCUT2D eigenvalue weighted by atomic mass is 35.5. The van der Waals surface area contributed by atoms with Crippen LogP contribution in [-0.2, 0) is 13.2 Å². The Bertz CT molecular complexity index is 977. The van der Waals surface area contributed by atoms with Crippen molar-refractivity contribution in [2.24, 2.45) is 5.92 Å². The van der Waals surface area contributed by atoms with Crippen LogP contribution in [-0.4, -0.2) is 22.3 Å². The quantitative estimate of drug-likeness (QED) is 0.451. The van der Waals surface area contributed by atoms with E-state index in [1.165, 1.54) is 23.5 Å². The summed E-state index contributed by atoms with van der Waals surface area (Å²) in [6.45, 7) is 5.19. The standard InChI is InChI=1S/C22H22ClFN2O2S/c1-15(2)11-26(22(27)19-8-3-4-9-20(19)24)12-17-14-29-21(25-17)13-28-18-7-5-6-16(23)10-18/h3-10,14-15H,11-13H2,1-2H3. The molecule has 0 saturated heterocycles. The highest BCUT2D eigenvalue weighted by Gasteiger charge is 2.21. The second kappa shape index (κ2) is 9.85. The van der Waals surface area contributed by atoms with Crippen LogP contribution in [0.25, 0.3) is 0 Å². The first kappa shape index (κ1) is 21.3. The van der Waals surface area contributed by atoms with Crippen molar-refractivity contribution in [2.45, 2.75) is 27.0 Å². The highest BCUT2D eigenvalue weighted by Crippen LogP contribution is 2.21. The lowest BCUT2D eigenvalue weighted by Crippen LogP contribution is -2.34. The molecule has 0 bridgehead atoms. The van der Waals surface area contributed by atoms with Crippen molar-refractivity contribution in [1.82, 2.24) is 9.88 Å². The van der Waals surface area contributed by atoms with Gasteiger partial charge >= 0.3 is 0 Å². The topological polar surface area (TPSA) is 42.4 Å². The van der Waals surface area contributed by atoms with Gasteiger partial charge in [-0.15, -0.1) is 11.3 Å². The number of halogens is 2. The zero-order valence-corrected chi connectivity index (χ0v) is 17.8. The number of aromatic nitrogens is 1. The van der Waals surface area contributed by atoms with E-state index in [-0.39, 0.29) is 17.4 Å². The number of carbonyl (C=O) groups is 1. The minimum atomic E-state index is -0.514. The summed E-state index contributed by atoms with van der Waals surface area (Å²) < 4.78 is 19.8. The summed E-state index contributed by atoms with van der Waals surface area (Å²) in [5, 5.41) is 3.31. The molecule has 0 aliphatic carbocycles. The lowest BCUT2D eigenvalue weighted by atomic mass is 10.1. The largest absolute Gasteiger partial charge is 0.486 e. The average molecular weight is 433 g/mol. The molecule has 0 N–H and O–H groups in total. The Morgan fingerprint density at radius 1 is 1.24 bits per heavy atom. The molecule has 1 heterocycles. The molecule has 3 aromatic rings. The summed E-state index contributed by atoms with van der Waals surface area (Å²) in [5.41, 5.74) is 0.831. The molecule has 0 atom stereocenters. The maximum atomic E-state index is 14.1. The molecule has 1 amide bonds. The van der Waals surface area contributed by atoms with Crippen LogP contribution in [0.3, 0.4) is 0 Å². The molecule has 7 heteroatoms. The molecule has 0 fully saturated rings. The number of benzene rings is 2. The van der Waals surface area contributed by atoms with E-state index in [4.69, 9.17) is 16.3 Å². The van der Waals surface area contributed by atoms with Gasteiger partial charge in [0.15, 0.2) is 0 Å². The number of carbonyl (C=O) groups excluding carboxylic acids is 1. The third-order valence-corrected chi connectivity index (χ3v) is 5.19. The third kappa shape index (κ3) is 6.02. The van der Waals surface area contributed by atoms with Gasteiger partial charge in [-0.2, -0.15) is 0 Å². The molecule has 1 aromatic heterocycles. The predicted octanol–water partition coefficient (Wildman–Crippen LogP) is 5.81. The van der Waals surface area contributed by atoms with Crippen molar-refractivity contribution in [3.8, 4) is 5.75 Å². The molecule has 0 aliphatic rings. The Hall–Kier alpha value is -2.44. The zero-order valence-electron chi connectivity index (χ0n) is 16.3. The number of amides is 1. The van der Waals surface area contributed by atoms with Gasteiger partial charge in [-0.1, -0.05) is 43.6 Å². The molecular formula is C22H22ClFN2O2S. The molecule has 3 rings (SSSR count). The number of thiazole rings is 1. The Balaban J connectivity index is 1.68. The van der Waals surface area contributed by atoms with E-state index in [0.29, 0.717) is 30.5 Å². The van der Waals surface area contributed by atoms with Gasteiger partial charge in [0.05, 0.1) is 17.8 Å². The van der Waals surface area contributed by atoms with Crippen LogP contribution in [0.1, 0.15) is 34.9 Å². The Morgan fingerprint density at radius 2 is 2.03 bits per heavy atom. The van der Waals surface area contributed by atoms with Crippen LogP contribution in [0, 0.1) is 11.7 Å². The summed E-state index contributed by atoms with van der Waals surface area (Å²) >= 11 is 7.43. The van der Waals surface area contributed by atoms with Gasteiger partial charge < -0.3 is 9.64 Å². The van der Waals surface area contributed by atoms with Gasteiger partial charge in [0, 0.05) is 16.9 Å². The molecule has 2 aromatic carbocycles. The van der Waals surface area contributed by atoms with Crippen LogP contribution in [0.15, 0.2) is 53.9 Å². The molecule has 0 spiro atoms. The van der Waals surface area contributed by atoms with E-state index in [1.54, 1.807) is 29.2 Å². The number of hydrogen-bond acceptors (Lipinski definition) is 4. The SMILES string of the molecule is CC(C)CN(Cc1csc(COc2cccc(Cl)c2)n1)C(=O)c1ccccc1F. The summed E-state index contributed by atoms with van der Waals surface area (Å²) in [6, 6.07) is 13.2. The van der Waals surface area contributed by atoms with Gasteiger partial charge in [-0.05, 0) is 36.2 Å². The minimum Gasteiger partial charge on any atom is -0.486 e. The van der Waals surface area contributed by atoms with E-state index in [0.717, 1.165) is 10.7 Å². The summed E-state index contributed by atoms with van der Waals surface area (Å²) in [5.74, 6) is 0.0714. The Morgan fingerprint density at radius 3 is 2.76 bits per heavy atom. The van der Waals surface area contributed by atoms with Gasteiger partial charge in [0.1, 0.15) is 23.2 Å². The fraction of sp³-hybridized carbons (Fsp3) is 0.273. The number of nitrogens with zero attached hydrogens (tertiary/aromatic N) is 2.